The highest BCUT2D eigenvalue weighted by atomic mass is 32.1. The molecule has 0 N–H and O–H groups in total. The van der Waals surface area contributed by atoms with Gasteiger partial charge < -0.3 is 14.2 Å². The third-order valence-electron chi connectivity index (χ3n) is 2.08. The van der Waals surface area contributed by atoms with Crippen molar-refractivity contribution in [3.63, 3.8) is 0 Å². The van der Waals surface area contributed by atoms with E-state index in [1.165, 1.54) is 11.3 Å². The summed E-state index contributed by atoms with van der Waals surface area (Å²) in [4.78, 5) is 0. The van der Waals surface area contributed by atoms with E-state index in [1.807, 2.05) is 29.6 Å². The Labute approximate surface area is 98.2 Å². The first kappa shape index (κ1) is 10.8. The normalized spacial score (nSPS) is 9.88. The van der Waals surface area contributed by atoms with Gasteiger partial charge in [-0.3, -0.25) is 0 Å². The van der Waals surface area contributed by atoms with Crippen molar-refractivity contribution in [1.82, 2.24) is 0 Å². The predicted molar refractivity (Wildman–Crippen MR) is 63.9 cm³/mol. The average Bonchev–Trinajstić information content (AvgIpc) is 2.82. The summed E-state index contributed by atoms with van der Waals surface area (Å²) in [6.45, 7) is 0. The van der Waals surface area contributed by atoms with E-state index in [0.717, 1.165) is 10.8 Å². The van der Waals surface area contributed by atoms with E-state index in [-0.39, 0.29) is 0 Å². The Kier molecular flexibility index (Phi) is 3.31. The van der Waals surface area contributed by atoms with Crippen LogP contribution in [0.15, 0.2) is 35.7 Å². The molecule has 0 spiro atoms. The third kappa shape index (κ3) is 2.28. The highest BCUT2D eigenvalue weighted by Gasteiger charge is 2.07. The minimum Gasteiger partial charge on any atom is -0.497 e. The Bertz CT molecular complexity index is 451. The molecule has 0 aliphatic carbocycles. The molecule has 1 aromatic heterocycles. The van der Waals surface area contributed by atoms with Gasteiger partial charge in [0, 0.05) is 6.07 Å². The summed E-state index contributed by atoms with van der Waals surface area (Å²) in [6.07, 6.45) is 0. The second-order valence-corrected chi connectivity index (χ2v) is 3.96. The lowest BCUT2D eigenvalue weighted by molar-refractivity contribution is 0.373. The van der Waals surface area contributed by atoms with Gasteiger partial charge in [0.1, 0.15) is 5.75 Å². The van der Waals surface area contributed by atoms with Gasteiger partial charge in [0.2, 0.25) is 0 Å². The van der Waals surface area contributed by atoms with Crippen molar-refractivity contribution in [2.75, 3.05) is 14.2 Å². The van der Waals surface area contributed by atoms with Crippen molar-refractivity contribution < 1.29 is 14.2 Å². The van der Waals surface area contributed by atoms with Crippen LogP contribution in [0.25, 0.3) is 0 Å². The largest absolute Gasteiger partial charge is 0.497 e. The number of ether oxygens (including phenoxy) is 3. The third-order valence-corrected chi connectivity index (χ3v) is 2.82. The average molecular weight is 236 g/mol. The standard InChI is InChI=1S/C12H12O3S/c1-13-9-5-6-10(14-2)11(8-9)15-12-4-3-7-16-12/h3-8H,1-2H3. The van der Waals surface area contributed by atoms with Gasteiger partial charge in [-0.15, -0.1) is 11.3 Å². The van der Waals surface area contributed by atoms with Crippen LogP contribution >= 0.6 is 11.3 Å². The van der Waals surface area contributed by atoms with Gasteiger partial charge in [0.05, 0.1) is 14.2 Å². The van der Waals surface area contributed by atoms with Crippen LogP contribution in [0, 0.1) is 0 Å². The zero-order chi connectivity index (χ0) is 11.4. The zero-order valence-electron chi connectivity index (χ0n) is 9.10. The Morgan fingerprint density at radius 1 is 1.00 bits per heavy atom. The first-order valence-electron chi connectivity index (χ1n) is 4.77. The maximum absolute atomic E-state index is 5.70. The van der Waals surface area contributed by atoms with Crippen LogP contribution in [0.4, 0.5) is 0 Å². The number of rotatable bonds is 4. The second kappa shape index (κ2) is 4.90. The molecule has 0 saturated carbocycles. The number of methoxy groups -OCH3 is 2. The van der Waals surface area contributed by atoms with Crippen LogP contribution in [0.2, 0.25) is 0 Å². The number of benzene rings is 1. The highest BCUT2D eigenvalue weighted by Crippen LogP contribution is 2.36. The monoisotopic (exact) mass is 236 g/mol. The maximum Gasteiger partial charge on any atom is 0.181 e. The fourth-order valence-electron chi connectivity index (χ4n) is 1.29. The van der Waals surface area contributed by atoms with Crippen molar-refractivity contribution in [2.24, 2.45) is 0 Å². The zero-order valence-corrected chi connectivity index (χ0v) is 9.91. The van der Waals surface area contributed by atoms with Crippen LogP contribution in [0.5, 0.6) is 22.3 Å². The van der Waals surface area contributed by atoms with Crippen molar-refractivity contribution in [2.45, 2.75) is 0 Å². The second-order valence-electron chi connectivity index (χ2n) is 3.05. The van der Waals surface area contributed by atoms with E-state index < -0.39 is 0 Å². The molecular formula is C12H12O3S. The molecule has 0 saturated heterocycles. The minimum atomic E-state index is 0.657. The van der Waals surface area contributed by atoms with Crippen LogP contribution in [-0.2, 0) is 0 Å². The summed E-state index contributed by atoms with van der Waals surface area (Å²) in [7, 11) is 3.24. The fourth-order valence-corrected chi connectivity index (χ4v) is 1.88. The quantitative estimate of drug-likeness (QED) is 0.812. The molecule has 2 aromatic rings. The van der Waals surface area contributed by atoms with Gasteiger partial charge in [-0.05, 0) is 29.6 Å². The van der Waals surface area contributed by atoms with E-state index in [2.05, 4.69) is 0 Å². The van der Waals surface area contributed by atoms with Crippen molar-refractivity contribution in [3.8, 4) is 22.3 Å². The number of hydrogen-bond acceptors (Lipinski definition) is 4. The molecule has 0 unspecified atom stereocenters. The fraction of sp³-hybridized carbons (Fsp3) is 0.167. The Morgan fingerprint density at radius 2 is 1.88 bits per heavy atom. The maximum atomic E-state index is 5.70. The van der Waals surface area contributed by atoms with E-state index in [4.69, 9.17) is 14.2 Å². The molecule has 0 aliphatic heterocycles. The van der Waals surface area contributed by atoms with Crippen molar-refractivity contribution in [1.29, 1.82) is 0 Å². The first-order valence-corrected chi connectivity index (χ1v) is 5.65. The molecule has 16 heavy (non-hydrogen) atoms. The Morgan fingerprint density at radius 3 is 2.50 bits per heavy atom. The van der Waals surface area contributed by atoms with Crippen LogP contribution in [-0.4, -0.2) is 14.2 Å². The molecule has 0 atom stereocenters. The molecule has 0 amide bonds. The van der Waals surface area contributed by atoms with Crippen molar-refractivity contribution in [3.05, 3.63) is 35.7 Å². The summed E-state index contributed by atoms with van der Waals surface area (Å²) in [5.41, 5.74) is 0. The van der Waals surface area contributed by atoms with Crippen LogP contribution in [0.1, 0.15) is 0 Å². The lowest BCUT2D eigenvalue weighted by atomic mass is 10.3. The summed E-state index contributed by atoms with van der Waals surface area (Å²) in [5, 5.41) is 2.79. The summed E-state index contributed by atoms with van der Waals surface area (Å²) in [6, 6.07) is 9.30. The van der Waals surface area contributed by atoms with E-state index >= 15 is 0 Å². The molecule has 0 fully saturated rings. The molecule has 4 heteroatoms. The molecule has 1 aromatic carbocycles. The van der Waals surface area contributed by atoms with Gasteiger partial charge in [-0.2, -0.15) is 0 Å². The number of hydrogen-bond donors (Lipinski definition) is 0. The molecule has 84 valence electrons. The lowest BCUT2D eigenvalue weighted by Crippen LogP contribution is -1.90. The number of thiophene rings is 1. The Hall–Kier alpha value is -1.68. The van der Waals surface area contributed by atoms with Gasteiger partial charge >= 0.3 is 0 Å². The molecular weight excluding hydrogens is 224 g/mol. The van der Waals surface area contributed by atoms with E-state index in [9.17, 15) is 0 Å². The van der Waals surface area contributed by atoms with Gasteiger partial charge in [0.25, 0.3) is 0 Å². The smallest absolute Gasteiger partial charge is 0.181 e. The highest BCUT2D eigenvalue weighted by molar-refractivity contribution is 7.11. The lowest BCUT2D eigenvalue weighted by Gasteiger charge is -2.10. The van der Waals surface area contributed by atoms with Crippen LogP contribution in [0.3, 0.4) is 0 Å². The van der Waals surface area contributed by atoms with Crippen LogP contribution < -0.4 is 14.2 Å². The molecule has 0 bridgehead atoms. The van der Waals surface area contributed by atoms with Gasteiger partial charge in [-0.1, -0.05) is 0 Å². The predicted octanol–water partition coefficient (Wildman–Crippen LogP) is 3.56. The Balaban J connectivity index is 2.30. The minimum absolute atomic E-state index is 0.657. The van der Waals surface area contributed by atoms with Gasteiger partial charge in [0.15, 0.2) is 16.6 Å². The summed E-state index contributed by atoms with van der Waals surface area (Å²) >= 11 is 1.53. The summed E-state index contributed by atoms with van der Waals surface area (Å²) in [5.74, 6) is 2.09. The van der Waals surface area contributed by atoms with E-state index in [1.54, 1.807) is 20.3 Å². The molecule has 1 heterocycles. The SMILES string of the molecule is COc1ccc(OC)c(Oc2cccs2)c1. The molecule has 0 radical (unpaired) electrons. The van der Waals surface area contributed by atoms with Crippen molar-refractivity contribution >= 4 is 11.3 Å². The topological polar surface area (TPSA) is 27.7 Å². The van der Waals surface area contributed by atoms with Gasteiger partial charge in [-0.25, -0.2) is 0 Å². The molecule has 2 rings (SSSR count). The van der Waals surface area contributed by atoms with E-state index in [0.29, 0.717) is 11.5 Å². The summed E-state index contributed by atoms with van der Waals surface area (Å²) < 4.78 is 16.1. The molecule has 0 aliphatic rings. The molecule has 3 nitrogen and oxygen atoms in total. The first-order chi connectivity index (χ1) is 7.83.